The standard InChI is InChI=1S/C12H13N3O2S3/c16-10-9(4-6-17-10)19-12-15-14-11(20-12)13-5-3-8-2-1-7-18-8/h1-2,7,9H,3-6H2,(H,13,14). The van der Waals surface area contributed by atoms with Crippen LogP contribution in [0.25, 0.3) is 0 Å². The van der Waals surface area contributed by atoms with Crippen LogP contribution < -0.4 is 5.32 Å². The average molecular weight is 327 g/mol. The lowest BCUT2D eigenvalue weighted by molar-refractivity contribution is -0.137. The van der Waals surface area contributed by atoms with Crippen LogP contribution in [0.3, 0.4) is 0 Å². The summed E-state index contributed by atoms with van der Waals surface area (Å²) in [7, 11) is 0. The lowest BCUT2D eigenvalue weighted by Gasteiger charge is -2.00. The molecule has 1 unspecified atom stereocenters. The fraction of sp³-hybridized carbons (Fsp3) is 0.417. The molecule has 1 N–H and O–H groups in total. The van der Waals surface area contributed by atoms with Crippen molar-refractivity contribution in [2.75, 3.05) is 18.5 Å². The summed E-state index contributed by atoms with van der Waals surface area (Å²) in [6.07, 6.45) is 1.74. The Bertz CT molecular complexity index is 570. The first-order valence-electron chi connectivity index (χ1n) is 6.24. The number of nitrogens with one attached hydrogen (secondary N) is 1. The predicted octanol–water partition coefficient (Wildman–Crippen LogP) is 2.66. The summed E-state index contributed by atoms with van der Waals surface area (Å²) in [4.78, 5) is 12.7. The maximum atomic E-state index is 11.4. The molecule has 0 amide bonds. The van der Waals surface area contributed by atoms with Crippen molar-refractivity contribution in [2.24, 2.45) is 0 Å². The zero-order chi connectivity index (χ0) is 13.8. The van der Waals surface area contributed by atoms with E-state index in [-0.39, 0.29) is 11.2 Å². The molecule has 2 aromatic rings. The second-order valence-electron chi connectivity index (χ2n) is 4.19. The molecular weight excluding hydrogens is 314 g/mol. The lowest BCUT2D eigenvalue weighted by Crippen LogP contribution is -2.08. The molecule has 1 saturated heterocycles. The first-order valence-corrected chi connectivity index (χ1v) is 8.82. The number of hydrogen-bond acceptors (Lipinski definition) is 8. The van der Waals surface area contributed by atoms with Crippen molar-refractivity contribution in [3.05, 3.63) is 22.4 Å². The van der Waals surface area contributed by atoms with Crippen LogP contribution in [0, 0.1) is 0 Å². The molecule has 1 fully saturated rings. The van der Waals surface area contributed by atoms with Crippen molar-refractivity contribution in [3.63, 3.8) is 0 Å². The van der Waals surface area contributed by atoms with E-state index in [0.717, 1.165) is 28.9 Å². The largest absolute Gasteiger partial charge is 0.465 e. The number of carbonyl (C=O) groups is 1. The molecule has 5 nitrogen and oxygen atoms in total. The second-order valence-corrected chi connectivity index (χ2v) is 7.65. The number of aromatic nitrogens is 2. The van der Waals surface area contributed by atoms with Gasteiger partial charge in [0.1, 0.15) is 5.25 Å². The van der Waals surface area contributed by atoms with Gasteiger partial charge in [-0.3, -0.25) is 4.79 Å². The number of anilines is 1. The van der Waals surface area contributed by atoms with Crippen LogP contribution in [0.15, 0.2) is 21.9 Å². The highest BCUT2D eigenvalue weighted by molar-refractivity contribution is 8.02. The molecule has 0 radical (unpaired) electrons. The van der Waals surface area contributed by atoms with E-state index in [9.17, 15) is 4.79 Å². The third-order valence-electron chi connectivity index (χ3n) is 2.76. The molecular formula is C12H13N3O2S3. The number of carbonyl (C=O) groups excluding carboxylic acids is 1. The third-order valence-corrected chi connectivity index (χ3v) is 5.91. The maximum absolute atomic E-state index is 11.4. The summed E-state index contributed by atoms with van der Waals surface area (Å²) in [5, 5.41) is 14.2. The lowest BCUT2D eigenvalue weighted by atomic mass is 10.3. The van der Waals surface area contributed by atoms with E-state index in [1.807, 2.05) is 0 Å². The average Bonchev–Trinajstić information content (AvgIpc) is 3.15. The second kappa shape index (κ2) is 6.55. The van der Waals surface area contributed by atoms with E-state index in [4.69, 9.17) is 4.74 Å². The van der Waals surface area contributed by atoms with Crippen molar-refractivity contribution in [2.45, 2.75) is 22.4 Å². The summed E-state index contributed by atoms with van der Waals surface area (Å²) in [6.45, 7) is 1.35. The quantitative estimate of drug-likeness (QED) is 0.823. The monoisotopic (exact) mass is 327 g/mol. The van der Waals surface area contributed by atoms with Gasteiger partial charge in [-0.05, 0) is 17.9 Å². The number of rotatable bonds is 6. The van der Waals surface area contributed by atoms with Crippen molar-refractivity contribution < 1.29 is 9.53 Å². The Morgan fingerprint density at radius 3 is 3.20 bits per heavy atom. The van der Waals surface area contributed by atoms with Gasteiger partial charge in [-0.25, -0.2) is 0 Å². The summed E-state index contributed by atoms with van der Waals surface area (Å²) >= 11 is 4.68. The van der Waals surface area contributed by atoms with Crippen LogP contribution >= 0.6 is 34.4 Å². The van der Waals surface area contributed by atoms with E-state index >= 15 is 0 Å². The van der Waals surface area contributed by atoms with Gasteiger partial charge >= 0.3 is 5.97 Å². The number of nitrogens with zero attached hydrogens (tertiary/aromatic N) is 2. The minimum atomic E-state index is -0.141. The summed E-state index contributed by atoms with van der Waals surface area (Å²) in [5.74, 6) is -0.141. The highest BCUT2D eigenvalue weighted by Crippen LogP contribution is 2.32. The topological polar surface area (TPSA) is 64.1 Å². The van der Waals surface area contributed by atoms with E-state index in [2.05, 4.69) is 33.0 Å². The van der Waals surface area contributed by atoms with Crippen molar-refractivity contribution in [3.8, 4) is 0 Å². The normalized spacial score (nSPS) is 18.2. The van der Waals surface area contributed by atoms with Crippen LogP contribution in [0.5, 0.6) is 0 Å². The van der Waals surface area contributed by atoms with E-state index < -0.39 is 0 Å². The highest BCUT2D eigenvalue weighted by Gasteiger charge is 2.28. The van der Waals surface area contributed by atoms with Gasteiger partial charge in [0.05, 0.1) is 6.61 Å². The number of cyclic esters (lactones) is 1. The van der Waals surface area contributed by atoms with Gasteiger partial charge < -0.3 is 10.1 Å². The fourth-order valence-corrected chi connectivity index (χ4v) is 4.48. The number of ether oxygens (including phenoxy) is 1. The molecule has 1 atom stereocenters. The fourth-order valence-electron chi connectivity index (χ4n) is 1.78. The van der Waals surface area contributed by atoms with E-state index in [0.29, 0.717) is 6.61 Å². The first kappa shape index (κ1) is 13.8. The summed E-state index contributed by atoms with van der Waals surface area (Å²) < 4.78 is 5.75. The van der Waals surface area contributed by atoms with Gasteiger partial charge in [0, 0.05) is 17.8 Å². The Hall–Kier alpha value is -1.12. The van der Waals surface area contributed by atoms with Crippen molar-refractivity contribution >= 4 is 45.5 Å². The molecule has 1 aliphatic heterocycles. The molecule has 3 heterocycles. The van der Waals surface area contributed by atoms with Gasteiger partial charge in [0.15, 0.2) is 4.34 Å². The predicted molar refractivity (Wildman–Crippen MR) is 81.6 cm³/mol. The SMILES string of the molecule is O=C1OCCC1Sc1nnc(NCCc2cccs2)s1. The highest BCUT2D eigenvalue weighted by atomic mass is 32.2. The van der Waals surface area contributed by atoms with Gasteiger partial charge in [-0.2, -0.15) is 0 Å². The van der Waals surface area contributed by atoms with E-state index in [1.165, 1.54) is 28.0 Å². The van der Waals surface area contributed by atoms with Gasteiger partial charge in [-0.15, -0.1) is 21.5 Å². The van der Waals surface area contributed by atoms with Crippen LogP contribution in [-0.4, -0.2) is 34.6 Å². The number of hydrogen-bond donors (Lipinski definition) is 1. The Labute approximate surface area is 128 Å². The molecule has 8 heteroatoms. The van der Waals surface area contributed by atoms with Crippen LogP contribution in [0.4, 0.5) is 5.13 Å². The molecule has 0 bridgehead atoms. The molecule has 106 valence electrons. The van der Waals surface area contributed by atoms with Gasteiger partial charge in [0.25, 0.3) is 0 Å². The maximum Gasteiger partial charge on any atom is 0.319 e. The zero-order valence-corrected chi connectivity index (χ0v) is 13.0. The minimum absolute atomic E-state index is 0.123. The van der Waals surface area contributed by atoms with Crippen molar-refractivity contribution in [1.29, 1.82) is 0 Å². The molecule has 0 aliphatic carbocycles. The first-order chi connectivity index (χ1) is 9.81. The molecule has 3 rings (SSSR count). The molecule has 0 saturated carbocycles. The Morgan fingerprint density at radius 2 is 2.45 bits per heavy atom. The molecule has 1 aliphatic rings. The van der Waals surface area contributed by atoms with Crippen LogP contribution in [0.2, 0.25) is 0 Å². The molecule has 2 aromatic heterocycles. The van der Waals surface area contributed by atoms with Crippen molar-refractivity contribution in [1.82, 2.24) is 10.2 Å². The zero-order valence-electron chi connectivity index (χ0n) is 10.6. The molecule has 20 heavy (non-hydrogen) atoms. The number of thiophene rings is 1. The Morgan fingerprint density at radius 1 is 1.50 bits per heavy atom. The summed E-state index contributed by atoms with van der Waals surface area (Å²) in [6, 6.07) is 4.18. The Balaban J connectivity index is 1.48. The van der Waals surface area contributed by atoms with Crippen LogP contribution in [-0.2, 0) is 16.0 Å². The Kier molecular flexibility index (Phi) is 4.54. The van der Waals surface area contributed by atoms with Gasteiger partial charge in [-0.1, -0.05) is 29.2 Å². The smallest absolute Gasteiger partial charge is 0.319 e. The van der Waals surface area contributed by atoms with Crippen LogP contribution in [0.1, 0.15) is 11.3 Å². The van der Waals surface area contributed by atoms with E-state index in [1.54, 1.807) is 11.3 Å². The molecule has 0 spiro atoms. The minimum Gasteiger partial charge on any atom is -0.465 e. The third kappa shape index (κ3) is 3.50. The van der Waals surface area contributed by atoms with Gasteiger partial charge in [0.2, 0.25) is 5.13 Å². The number of esters is 1. The summed E-state index contributed by atoms with van der Waals surface area (Å²) in [5.41, 5.74) is 0. The molecule has 0 aromatic carbocycles. The number of thioether (sulfide) groups is 1.